The molecule has 0 bridgehead atoms. The van der Waals surface area contributed by atoms with E-state index in [9.17, 15) is 9.18 Å². The van der Waals surface area contributed by atoms with Crippen LogP contribution in [0.5, 0.6) is 11.5 Å². The molecule has 0 saturated heterocycles. The number of para-hydroxylation sites is 2. The summed E-state index contributed by atoms with van der Waals surface area (Å²) in [7, 11) is 0. The molecule has 1 unspecified atom stereocenters. The highest BCUT2D eigenvalue weighted by Crippen LogP contribution is 2.30. The maximum absolute atomic E-state index is 13.5. The highest BCUT2D eigenvalue weighted by atomic mass is 19.1. The van der Waals surface area contributed by atoms with Gasteiger partial charge in [-0.25, -0.2) is 4.39 Å². The van der Waals surface area contributed by atoms with Crippen molar-refractivity contribution < 1.29 is 18.7 Å². The first-order valence-corrected chi connectivity index (χ1v) is 8.52. The molecule has 2 N–H and O–H groups in total. The highest BCUT2D eigenvalue weighted by Gasteiger charge is 2.21. The smallest absolute Gasteiger partial charge is 0.224 e. The second-order valence-electron chi connectivity index (χ2n) is 6.40. The zero-order chi connectivity index (χ0) is 18.1. The second-order valence-corrected chi connectivity index (χ2v) is 6.40. The summed E-state index contributed by atoms with van der Waals surface area (Å²) in [5.74, 6) is 0.942. The van der Waals surface area contributed by atoms with Crippen LogP contribution in [0.3, 0.4) is 0 Å². The van der Waals surface area contributed by atoms with Crippen LogP contribution < -0.4 is 14.8 Å². The van der Waals surface area contributed by atoms with Crippen molar-refractivity contribution in [3.8, 4) is 11.5 Å². The van der Waals surface area contributed by atoms with Gasteiger partial charge in [-0.05, 0) is 42.8 Å². The molecule has 6 heteroatoms. The Kier molecular flexibility index (Phi) is 4.24. The largest absolute Gasteiger partial charge is 0.486 e. The van der Waals surface area contributed by atoms with Crippen molar-refractivity contribution in [3.63, 3.8) is 0 Å². The molecule has 1 amide bonds. The van der Waals surface area contributed by atoms with Crippen LogP contribution in [0.2, 0.25) is 0 Å². The summed E-state index contributed by atoms with van der Waals surface area (Å²) in [6.45, 7) is 2.62. The number of halogens is 1. The van der Waals surface area contributed by atoms with Crippen molar-refractivity contribution in [3.05, 3.63) is 59.5 Å². The Morgan fingerprint density at radius 2 is 2.08 bits per heavy atom. The van der Waals surface area contributed by atoms with E-state index in [2.05, 4.69) is 10.3 Å². The lowest BCUT2D eigenvalue weighted by Gasteiger charge is -2.26. The number of H-pyrrole nitrogens is 1. The van der Waals surface area contributed by atoms with E-state index >= 15 is 0 Å². The zero-order valence-corrected chi connectivity index (χ0v) is 14.3. The van der Waals surface area contributed by atoms with Gasteiger partial charge in [-0.3, -0.25) is 4.79 Å². The van der Waals surface area contributed by atoms with Crippen LogP contribution in [0.4, 0.5) is 4.39 Å². The van der Waals surface area contributed by atoms with E-state index in [1.165, 1.54) is 12.1 Å². The first-order valence-electron chi connectivity index (χ1n) is 8.52. The molecule has 1 aromatic heterocycles. The van der Waals surface area contributed by atoms with Gasteiger partial charge in [0, 0.05) is 16.6 Å². The summed E-state index contributed by atoms with van der Waals surface area (Å²) >= 11 is 0. The van der Waals surface area contributed by atoms with Gasteiger partial charge in [0.1, 0.15) is 18.5 Å². The fourth-order valence-corrected chi connectivity index (χ4v) is 3.20. The fraction of sp³-hybridized carbons (Fsp3) is 0.250. The number of nitrogens with one attached hydrogen (secondary N) is 2. The summed E-state index contributed by atoms with van der Waals surface area (Å²) in [4.78, 5) is 15.5. The van der Waals surface area contributed by atoms with Crippen molar-refractivity contribution in [2.45, 2.75) is 19.4 Å². The summed E-state index contributed by atoms with van der Waals surface area (Å²) < 4.78 is 25.0. The van der Waals surface area contributed by atoms with E-state index in [1.807, 2.05) is 31.2 Å². The Labute approximate surface area is 150 Å². The van der Waals surface area contributed by atoms with Gasteiger partial charge in [-0.2, -0.15) is 0 Å². The Morgan fingerprint density at radius 3 is 2.92 bits per heavy atom. The van der Waals surface area contributed by atoms with Crippen molar-refractivity contribution in [1.82, 2.24) is 10.3 Å². The molecule has 26 heavy (non-hydrogen) atoms. The van der Waals surface area contributed by atoms with Crippen molar-refractivity contribution >= 4 is 16.8 Å². The molecule has 0 saturated carbocycles. The van der Waals surface area contributed by atoms with Gasteiger partial charge in [-0.15, -0.1) is 0 Å². The number of aromatic nitrogens is 1. The lowest BCUT2D eigenvalue weighted by molar-refractivity contribution is -0.120. The molecular formula is C20H19FN2O3. The monoisotopic (exact) mass is 354 g/mol. The van der Waals surface area contributed by atoms with Gasteiger partial charge < -0.3 is 19.8 Å². The van der Waals surface area contributed by atoms with Crippen LogP contribution >= 0.6 is 0 Å². The molecule has 4 rings (SSSR count). The predicted octanol–water partition coefficient (Wildman–Crippen LogP) is 3.11. The topological polar surface area (TPSA) is 63.4 Å². The molecule has 0 radical (unpaired) electrons. The number of benzene rings is 2. The van der Waals surface area contributed by atoms with Crippen LogP contribution in [-0.2, 0) is 11.2 Å². The number of rotatable bonds is 4. The summed E-state index contributed by atoms with van der Waals surface area (Å²) in [5, 5.41) is 3.62. The Balaban J connectivity index is 1.39. The Morgan fingerprint density at radius 1 is 1.27 bits per heavy atom. The van der Waals surface area contributed by atoms with E-state index in [0.29, 0.717) is 24.7 Å². The number of hydrogen-bond donors (Lipinski definition) is 2. The van der Waals surface area contributed by atoms with Crippen molar-refractivity contribution in [2.75, 3.05) is 13.2 Å². The third kappa shape index (κ3) is 3.22. The van der Waals surface area contributed by atoms with Crippen LogP contribution in [0.15, 0.2) is 42.5 Å². The minimum absolute atomic E-state index is 0.138. The third-order valence-electron chi connectivity index (χ3n) is 4.51. The molecule has 134 valence electrons. The quantitative estimate of drug-likeness (QED) is 0.757. The predicted molar refractivity (Wildman–Crippen MR) is 96.1 cm³/mol. The third-order valence-corrected chi connectivity index (χ3v) is 4.51. The number of carbonyl (C=O) groups excluding carboxylic acids is 1. The van der Waals surface area contributed by atoms with Crippen LogP contribution in [0.1, 0.15) is 11.3 Å². The summed E-state index contributed by atoms with van der Waals surface area (Å²) in [6.07, 6.45) is -0.0604. The van der Waals surface area contributed by atoms with Gasteiger partial charge in [0.2, 0.25) is 5.91 Å². The molecule has 1 aliphatic rings. The number of aromatic amines is 1. The maximum atomic E-state index is 13.5. The lowest BCUT2D eigenvalue weighted by Crippen LogP contribution is -2.41. The lowest BCUT2D eigenvalue weighted by atomic mass is 10.1. The SMILES string of the molecule is Cc1[nH]c2ccc(F)cc2c1CC(=O)NCC1COc2ccccc2O1. The van der Waals surface area contributed by atoms with E-state index < -0.39 is 0 Å². The van der Waals surface area contributed by atoms with E-state index in [4.69, 9.17) is 9.47 Å². The first-order chi connectivity index (χ1) is 12.6. The molecule has 0 spiro atoms. The fourth-order valence-electron chi connectivity index (χ4n) is 3.20. The molecule has 2 aromatic carbocycles. The number of fused-ring (bicyclic) bond motifs is 2. The summed E-state index contributed by atoms with van der Waals surface area (Å²) in [6, 6.07) is 12.0. The molecule has 0 aliphatic carbocycles. The first kappa shape index (κ1) is 16.4. The molecule has 2 heterocycles. The van der Waals surface area contributed by atoms with Gasteiger partial charge in [0.05, 0.1) is 13.0 Å². The minimum Gasteiger partial charge on any atom is -0.486 e. The van der Waals surface area contributed by atoms with E-state index in [1.54, 1.807) is 6.07 Å². The molecule has 5 nitrogen and oxygen atoms in total. The number of carbonyl (C=O) groups is 1. The van der Waals surface area contributed by atoms with E-state index in [-0.39, 0.29) is 24.2 Å². The zero-order valence-electron chi connectivity index (χ0n) is 14.3. The van der Waals surface area contributed by atoms with Crippen LogP contribution in [0.25, 0.3) is 10.9 Å². The van der Waals surface area contributed by atoms with E-state index in [0.717, 1.165) is 22.2 Å². The average Bonchev–Trinajstić information content (AvgIpc) is 2.95. The molecule has 0 fully saturated rings. The Bertz CT molecular complexity index is 967. The van der Waals surface area contributed by atoms with Gasteiger partial charge in [0.15, 0.2) is 11.5 Å². The standard InChI is InChI=1S/C20H19FN2O3/c1-12-15(16-8-13(21)6-7-17(16)23-12)9-20(24)22-10-14-11-25-18-4-2-3-5-19(18)26-14/h2-8,14,23H,9-11H2,1H3,(H,22,24). The molecular weight excluding hydrogens is 335 g/mol. The number of hydrogen-bond acceptors (Lipinski definition) is 3. The van der Waals surface area contributed by atoms with Crippen molar-refractivity contribution in [1.29, 1.82) is 0 Å². The molecule has 1 aliphatic heterocycles. The van der Waals surface area contributed by atoms with Crippen LogP contribution in [-0.4, -0.2) is 30.1 Å². The van der Waals surface area contributed by atoms with Gasteiger partial charge in [0.25, 0.3) is 0 Å². The molecule has 3 aromatic rings. The Hall–Kier alpha value is -3.02. The second kappa shape index (κ2) is 6.71. The van der Waals surface area contributed by atoms with Gasteiger partial charge in [-0.1, -0.05) is 12.1 Å². The number of ether oxygens (including phenoxy) is 2. The number of amides is 1. The highest BCUT2D eigenvalue weighted by molar-refractivity contribution is 5.90. The molecule has 1 atom stereocenters. The minimum atomic E-state index is -0.315. The van der Waals surface area contributed by atoms with Crippen molar-refractivity contribution in [2.24, 2.45) is 0 Å². The normalized spacial score (nSPS) is 15.8. The van der Waals surface area contributed by atoms with Crippen LogP contribution in [0, 0.1) is 12.7 Å². The summed E-state index contributed by atoms with van der Waals surface area (Å²) in [5.41, 5.74) is 2.50. The maximum Gasteiger partial charge on any atom is 0.224 e. The average molecular weight is 354 g/mol. The number of aryl methyl sites for hydroxylation is 1. The van der Waals surface area contributed by atoms with Gasteiger partial charge >= 0.3 is 0 Å².